The van der Waals surface area contributed by atoms with E-state index >= 15 is 0 Å². The maximum Gasteiger partial charge on any atom is 0.343 e. The van der Waals surface area contributed by atoms with Gasteiger partial charge in [-0.1, -0.05) is 13.0 Å². The number of aromatic hydroxyl groups is 1. The summed E-state index contributed by atoms with van der Waals surface area (Å²) in [6.07, 6.45) is 0.558. The zero-order valence-corrected chi connectivity index (χ0v) is 11.2. The van der Waals surface area contributed by atoms with Gasteiger partial charge in [-0.15, -0.1) is 0 Å². The van der Waals surface area contributed by atoms with E-state index in [0.29, 0.717) is 12.2 Å². The fourth-order valence-electron chi connectivity index (χ4n) is 1.66. The molecule has 0 aliphatic rings. The zero-order chi connectivity index (χ0) is 13.3. The number of benzene rings is 1. The smallest absolute Gasteiger partial charge is 0.343 e. The molecule has 7 heteroatoms. The summed E-state index contributed by atoms with van der Waals surface area (Å²) >= 11 is 3.02. The Hall–Kier alpha value is -1.63. The highest BCUT2D eigenvalue weighted by Gasteiger charge is 2.14. The van der Waals surface area contributed by atoms with Crippen molar-refractivity contribution < 1.29 is 9.50 Å². The van der Waals surface area contributed by atoms with Gasteiger partial charge in [0, 0.05) is 12.0 Å². The average molecular weight is 316 g/mol. The number of hydrogen-bond acceptors (Lipinski definition) is 3. The summed E-state index contributed by atoms with van der Waals surface area (Å²) in [4.78, 5) is 11.5. The van der Waals surface area contributed by atoms with Gasteiger partial charge in [0.1, 0.15) is 5.82 Å². The number of H-pyrrole nitrogens is 1. The van der Waals surface area contributed by atoms with Crippen molar-refractivity contribution in [1.29, 1.82) is 0 Å². The molecule has 2 N–H and O–H groups in total. The molecule has 1 aromatic heterocycles. The first-order valence-electron chi connectivity index (χ1n) is 5.34. The molecule has 0 aliphatic carbocycles. The Bertz CT molecular complexity index is 636. The first-order chi connectivity index (χ1) is 8.54. The Balaban J connectivity index is 2.43. The third-order valence-corrected chi connectivity index (χ3v) is 3.27. The number of nitrogens with zero attached hydrogens (tertiary/aromatic N) is 2. The highest BCUT2D eigenvalue weighted by molar-refractivity contribution is 9.10. The lowest BCUT2D eigenvalue weighted by molar-refractivity contribution is 0.423. The van der Waals surface area contributed by atoms with Crippen LogP contribution in [-0.2, 0) is 13.0 Å². The summed E-state index contributed by atoms with van der Waals surface area (Å²) in [6, 6.07) is 3.04. The topological polar surface area (TPSA) is 70.9 Å². The first kappa shape index (κ1) is 12.8. The minimum absolute atomic E-state index is 0.0329. The van der Waals surface area contributed by atoms with Gasteiger partial charge in [0.2, 0.25) is 0 Å². The molecule has 0 aliphatic heterocycles. The molecule has 0 spiro atoms. The van der Waals surface area contributed by atoms with Crippen LogP contribution in [0.4, 0.5) is 4.39 Å². The highest BCUT2D eigenvalue weighted by Crippen LogP contribution is 2.29. The van der Waals surface area contributed by atoms with Gasteiger partial charge in [-0.3, -0.25) is 4.57 Å². The SMILES string of the molecule is CCc1n[nH]c(=O)n1Cc1ccc(Br)c(O)c1F. The predicted molar refractivity (Wildman–Crippen MR) is 67.1 cm³/mol. The largest absolute Gasteiger partial charge is 0.504 e. The summed E-state index contributed by atoms with van der Waals surface area (Å²) in [7, 11) is 0. The van der Waals surface area contributed by atoms with Crippen LogP contribution in [0.25, 0.3) is 0 Å². The van der Waals surface area contributed by atoms with Gasteiger partial charge < -0.3 is 5.11 Å². The molecule has 2 aromatic rings. The van der Waals surface area contributed by atoms with Gasteiger partial charge in [-0.25, -0.2) is 14.3 Å². The summed E-state index contributed by atoms with van der Waals surface area (Å²) in [5.41, 5.74) is -0.164. The van der Waals surface area contributed by atoms with E-state index in [1.165, 1.54) is 16.7 Å². The molecule has 0 saturated carbocycles. The minimum atomic E-state index is -0.737. The van der Waals surface area contributed by atoms with E-state index in [1.807, 2.05) is 6.92 Å². The molecule has 1 heterocycles. The summed E-state index contributed by atoms with van der Waals surface area (Å²) in [5.74, 6) is -0.650. The van der Waals surface area contributed by atoms with Crippen LogP contribution in [0.2, 0.25) is 0 Å². The van der Waals surface area contributed by atoms with Gasteiger partial charge in [-0.05, 0) is 22.0 Å². The monoisotopic (exact) mass is 315 g/mol. The third kappa shape index (κ3) is 2.17. The summed E-state index contributed by atoms with van der Waals surface area (Å²) < 4.78 is 15.4. The van der Waals surface area contributed by atoms with Crippen molar-refractivity contribution in [3.63, 3.8) is 0 Å². The number of phenolic OH excluding ortho intramolecular Hbond substituents is 1. The fraction of sp³-hybridized carbons (Fsp3) is 0.273. The lowest BCUT2D eigenvalue weighted by Gasteiger charge is -2.07. The number of aromatic nitrogens is 3. The lowest BCUT2D eigenvalue weighted by Crippen LogP contribution is -2.20. The molecule has 5 nitrogen and oxygen atoms in total. The van der Waals surface area contributed by atoms with Crippen molar-refractivity contribution in [2.45, 2.75) is 19.9 Å². The van der Waals surface area contributed by atoms with E-state index in [2.05, 4.69) is 26.1 Å². The molecule has 0 bridgehead atoms. The molecule has 0 radical (unpaired) electrons. The van der Waals surface area contributed by atoms with E-state index in [4.69, 9.17) is 0 Å². The second kappa shape index (κ2) is 4.93. The minimum Gasteiger partial charge on any atom is -0.504 e. The van der Waals surface area contributed by atoms with Crippen molar-refractivity contribution in [2.75, 3.05) is 0 Å². The van der Waals surface area contributed by atoms with E-state index in [9.17, 15) is 14.3 Å². The van der Waals surface area contributed by atoms with Crippen LogP contribution in [0.3, 0.4) is 0 Å². The number of nitrogens with one attached hydrogen (secondary N) is 1. The highest BCUT2D eigenvalue weighted by atomic mass is 79.9. The maximum atomic E-state index is 13.8. The van der Waals surface area contributed by atoms with Crippen LogP contribution in [0.1, 0.15) is 18.3 Å². The van der Waals surface area contributed by atoms with Gasteiger partial charge in [0.15, 0.2) is 11.6 Å². The van der Waals surface area contributed by atoms with E-state index in [-0.39, 0.29) is 16.6 Å². The van der Waals surface area contributed by atoms with Crippen LogP contribution in [0, 0.1) is 5.82 Å². The van der Waals surface area contributed by atoms with E-state index in [0.717, 1.165) is 0 Å². The predicted octanol–water partition coefficient (Wildman–Crippen LogP) is 1.79. The molecule has 0 atom stereocenters. The molecular weight excluding hydrogens is 305 g/mol. The van der Waals surface area contributed by atoms with Crippen LogP contribution < -0.4 is 5.69 Å². The molecule has 0 fully saturated rings. The Morgan fingerprint density at radius 3 is 2.94 bits per heavy atom. The molecule has 0 unspecified atom stereocenters. The zero-order valence-electron chi connectivity index (χ0n) is 9.57. The van der Waals surface area contributed by atoms with Gasteiger partial charge >= 0.3 is 5.69 Å². The standard InChI is InChI=1S/C11H11BrFN3O2/c1-2-8-14-15-11(18)16(8)5-6-3-4-7(12)10(17)9(6)13/h3-4,17H,2,5H2,1H3,(H,15,18). The number of phenols is 1. The van der Waals surface area contributed by atoms with E-state index < -0.39 is 17.3 Å². The Kier molecular flexibility index (Phi) is 3.51. The quantitative estimate of drug-likeness (QED) is 0.907. The summed E-state index contributed by atoms with van der Waals surface area (Å²) in [5, 5.41) is 15.6. The normalized spacial score (nSPS) is 10.8. The molecule has 18 heavy (non-hydrogen) atoms. The van der Waals surface area contributed by atoms with Crippen molar-refractivity contribution in [3.8, 4) is 5.75 Å². The van der Waals surface area contributed by atoms with Crippen molar-refractivity contribution in [1.82, 2.24) is 14.8 Å². The Morgan fingerprint density at radius 2 is 2.28 bits per heavy atom. The fourth-order valence-corrected chi connectivity index (χ4v) is 1.96. The van der Waals surface area contributed by atoms with Gasteiger partial charge in [-0.2, -0.15) is 5.10 Å². The van der Waals surface area contributed by atoms with Crippen LogP contribution >= 0.6 is 15.9 Å². The maximum absolute atomic E-state index is 13.8. The number of hydrogen-bond donors (Lipinski definition) is 2. The summed E-state index contributed by atoms with van der Waals surface area (Å²) in [6.45, 7) is 1.88. The number of aryl methyl sites for hydroxylation is 1. The Morgan fingerprint density at radius 1 is 1.56 bits per heavy atom. The number of rotatable bonds is 3. The molecule has 0 saturated heterocycles. The lowest BCUT2D eigenvalue weighted by atomic mass is 10.2. The average Bonchev–Trinajstić information content (AvgIpc) is 2.71. The Labute approximate surface area is 110 Å². The molecular formula is C11H11BrFN3O2. The first-order valence-corrected chi connectivity index (χ1v) is 6.13. The molecule has 96 valence electrons. The van der Waals surface area contributed by atoms with E-state index in [1.54, 1.807) is 0 Å². The third-order valence-electron chi connectivity index (χ3n) is 2.63. The molecule has 2 rings (SSSR count). The van der Waals surface area contributed by atoms with Crippen molar-refractivity contribution >= 4 is 15.9 Å². The number of aromatic amines is 1. The molecule has 0 amide bonds. The van der Waals surface area contributed by atoms with Gasteiger partial charge in [0.25, 0.3) is 0 Å². The van der Waals surface area contributed by atoms with Crippen LogP contribution in [0.15, 0.2) is 21.4 Å². The molecule has 1 aromatic carbocycles. The van der Waals surface area contributed by atoms with Gasteiger partial charge in [0.05, 0.1) is 11.0 Å². The van der Waals surface area contributed by atoms with Crippen LogP contribution in [-0.4, -0.2) is 19.9 Å². The van der Waals surface area contributed by atoms with Crippen LogP contribution in [0.5, 0.6) is 5.75 Å². The number of halogens is 2. The van der Waals surface area contributed by atoms with Crippen molar-refractivity contribution in [2.24, 2.45) is 0 Å². The second-order valence-corrected chi connectivity index (χ2v) is 4.61. The second-order valence-electron chi connectivity index (χ2n) is 3.75. The van der Waals surface area contributed by atoms with Crippen molar-refractivity contribution in [3.05, 3.63) is 44.3 Å².